The molecule has 1 aromatic rings. The second-order valence-corrected chi connectivity index (χ2v) is 4.14. The quantitative estimate of drug-likeness (QED) is 0.535. The number of hydrogen-bond acceptors (Lipinski definition) is 6. The molecule has 1 fully saturated rings. The Hall–Kier alpha value is -1.51. The van der Waals surface area contributed by atoms with Crippen LogP contribution in [0.1, 0.15) is 16.5 Å². The van der Waals surface area contributed by atoms with E-state index in [0.29, 0.717) is 0 Å². The molecule has 1 aromatic heterocycles. The molecule has 0 spiro atoms. The average Bonchev–Trinajstić information content (AvgIpc) is 2.75. The summed E-state index contributed by atoms with van der Waals surface area (Å²) in [7, 11) is 0. The van der Waals surface area contributed by atoms with Crippen molar-refractivity contribution in [1.82, 2.24) is 25.2 Å². The molecule has 3 N–H and O–H groups in total. The maximum Gasteiger partial charge on any atom is 0.276 e. The Morgan fingerprint density at radius 3 is 2.61 bits per heavy atom. The normalized spacial score (nSPS) is 15.4. The predicted molar refractivity (Wildman–Crippen MR) is 62.0 cm³/mol. The summed E-state index contributed by atoms with van der Waals surface area (Å²) in [6.45, 7) is 1.72. The van der Waals surface area contributed by atoms with Crippen molar-refractivity contribution in [2.45, 2.75) is 6.04 Å². The van der Waals surface area contributed by atoms with Gasteiger partial charge in [-0.05, 0) is 0 Å². The van der Waals surface area contributed by atoms with Gasteiger partial charge in [0.05, 0.1) is 25.5 Å². The molecule has 8 nitrogen and oxygen atoms in total. The minimum Gasteiger partial charge on any atom is -0.395 e. The zero-order valence-corrected chi connectivity index (χ0v) is 9.99. The summed E-state index contributed by atoms with van der Waals surface area (Å²) < 4.78 is 1.67. The summed E-state index contributed by atoms with van der Waals surface area (Å²) in [6, 6.07) is 0.253. The number of carbonyl (C=O) groups is 1. The minimum atomic E-state index is -0.323. The summed E-state index contributed by atoms with van der Waals surface area (Å²) >= 11 is 0. The molecule has 2 rings (SSSR count). The van der Waals surface area contributed by atoms with E-state index in [9.17, 15) is 4.79 Å². The average molecular weight is 255 g/mol. The molecule has 18 heavy (non-hydrogen) atoms. The first kappa shape index (κ1) is 12.9. The van der Waals surface area contributed by atoms with Crippen molar-refractivity contribution in [2.75, 3.05) is 39.4 Å². The smallest absolute Gasteiger partial charge is 0.276 e. The molecule has 0 saturated carbocycles. The molecule has 0 aromatic carbocycles. The second-order valence-electron chi connectivity index (χ2n) is 4.14. The lowest BCUT2D eigenvalue weighted by molar-refractivity contribution is 0.0679. The van der Waals surface area contributed by atoms with Crippen LogP contribution < -0.4 is 5.32 Å². The number of carbonyl (C=O) groups excluding carboxylic acids is 1. The zero-order chi connectivity index (χ0) is 13.0. The zero-order valence-electron chi connectivity index (χ0n) is 9.99. The highest BCUT2D eigenvalue weighted by Crippen LogP contribution is 2.10. The lowest BCUT2D eigenvalue weighted by Crippen LogP contribution is -2.43. The molecular weight excluding hydrogens is 238 g/mol. The molecule has 2 heterocycles. The Morgan fingerprint density at radius 1 is 1.44 bits per heavy atom. The molecule has 0 bridgehead atoms. The van der Waals surface area contributed by atoms with Crippen molar-refractivity contribution >= 4 is 5.91 Å². The second kappa shape index (κ2) is 5.89. The van der Waals surface area contributed by atoms with E-state index in [-0.39, 0.29) is 43.9 Å². The topological polar surface area (TPSA) is 104 Å². The highest BCUT2D eigenvalue weighted by atomic mass is 16.3. The fraction of sp³-hybridized carbons (Fsp3) is 0.700. The van der Waals surface area contributed by atoms with Crippen LogP contribution in [0.5, 0.6) is 0 Å². The molecule has 1 aliphatic heterocycles. The van der Waals surface area contributed by atoms with E-state index in [1.807, 2.05) is 0 Å². The number of aliphatic hydroxyl groups excluding tert-OH is 2. The van der Waals surface area contributed by atoms with Gasteiger partial charge in [-0.2, -0.15) is 0 Å². The maximum absolute atomic E-state index is 12.0. The van der Waals surface area contributed by atoms with E-state index >= 15 is 0 Å². The van der Waals surface area contributed by atoms with E-state index in [1.54, 1.807) is 10.9 Å². The van der Waals surface area contributed by atoms with E-state index < -0.39 is 0 Å². The first-order valence-electron chi connectivity index (χ1n) is 5.89. The molecule has 1 saturated heterocycles. The Labute approximate surface area is 104 Å². The lowest BCUT2D eigenvalue weighted by atomic mass is 10.2. The van der Waals surface area contributed by atoms with Gasteiger partial charge in [-0.15, -0.1) is 5.10 Å². The Kier molecular flexibility index (Phi) is 4.24. The van der Waals surface area contributed by atoms with Crippen LogP contribution in [0, 0.1) is 0 Å². The van der Waals surface area contributed by atoms with Crippen molar-refractivity contribution in [3.63, 3.8) is 0 Å². The van der Waals surface area contributed by atoms with Crippen LogP contribution in [0.2, 0.25) is 0 Å². The molecule has 1 amide bonds. The number of aromatic nitrogens is 3. The Bertz CT molecular complexity index is 398. The number of hydrogen-bond donors (Lipinski definition) is 3. The van der Waals surface area contributed by atoms with Gasteiger partial charge in [-0.25, -0.2) is 4.68 Å². The van der Waals surface area contributed by atoms with Gasteiger partial charge in [0, 0.05) is 26.2 Å². The van der Waals surface area contributed by atoms with Crippen LogP contribution in [-0.2, 0) is 0 Å². The maximum atomic E-state index is 12.0. The summed E-state index contributed by atoms with van der Waals surface area (Å²) in [5.74, 6) is -0.323. The van der Waals surface area contributed by atoms with Gasteiger partial charge in [0.1, 0.15) is 0 Å². The van der Waals surface area contributed by atoms with E-state index in [1.165, 1.54) is 4.90 Å². The summed E-state index contributed by atoms with van der Waals surface area (Å²) in [6.07, 6.45) is 1.61. The molecule has 8 heteroatoms. The molecule has 0 aliphatic carbocycles. The van der Waals surface area contributed by atoms with Crippen LogP contribution in [0.15, 0.2) is 6.20 Å². The Morgan fingerprint density at radius 2 is 2.11 bits per heavy atom. The van der Waals surface area contributed by atoms with Gasteiger partial charge in [-0.1, -0.05) is 5.21 Å². The van der Waals surface area contributed by atoms with Crippen LogP contribution in [0.4, 0.5) is 0 Å². The van der Waals surface area contributed by atoms with Crippen molar-refractivity contribution in [3.8, 4) is 0 Å². The van der Waals surface area contributed by atoms with Crippen molar-refractivity contribution in [3.05, 3.63) is 11.9 Å². The third kappa shape index (κ3) is 2.66. The fourth-order valence-electron chi connectivity index (χ4n) is 1.73. The number of nitrogens with one attached hydrogen (secondary N) is 1. The third-order valence-corrected chi connectivity index (χ3v) is 2.89. The number of amides is 1. The van der Waals surface area contributed by atoms with Crippen LogP contribution >= 0.6 is 0 Å². The third-order valence-electron chi connectivity index (χ3n) is 2.89. The van der Waals surface area contributed by atoms with Crippen LogP contribution in [0.25, 0.3) is 0 Å². The Balaban J connectivity index is 2.03. The van der Waals surface area contributed by atoms with Crippen LogP contribution in [0.3, 0.4) is 0 Å². The number of nitrogens with zero attached hydrogens (tertiary/aromatic N) is 4. The first-order chi connectivity index (χ1) is 8.76. The van der Waals surface area contributed by atoms with Gasteiger partial charge in [0.2, 0.25) is 0 Å². The van der Waals surface area contributed by atoms with Gasteiger partial charge in [0.25, 0.3) is 5.91 Å². The molecular formula is C10H17N5O3. The molecule has 100 valence electrons. The highest BCUT2D eigenvalue weighted by Gasteiger charge is 2.23. The van der Waals surface area contributed by atoms with E-state index in [0.717, 1.165) is 13.1 Å². The van der Waals surface area contributed by atoms with Crippen molar-refractivity contribution < 1.29 is 15.0 Å². The van der Waals surface area contributed by atoms with Crippen molar-refractivity contribution in [1.29, 1.82) is 0 Å². The fourth-order valence-corrected chi connectivity index (χ4v) is 1.73. The lowest BCUT2D eigenvalue weighted by Gasteiger charge is -2.26. The summed E-state index contributed by atoms with van der Waals surface area (Å²) in [5.41, 5.74) is 0.240. The van der Waals surface area contributed by atoms with Gasteiger partial charge >= 0.3 is 0 Å². The van der Waals surface area contributed by atoms with E-state index in [2.05, 4.69) is 15.6 Å². The highest BCUT2D eigenvalue weighted by molar-refractivity contribution is 5.91. The monoisotopic (exact) mass is 255 g/mol. The minimum absolute atomic E-state index is 0.146. The molecule has 0 atom stereocenters. The largest absolute Gasteiger partial charge is 0.395 e. The van der Waals surface area contributed by atoms with Gasteiger partial charge in [0.15, 0.2) is 5.69 Å². The SMILES string of the molecule is O=C(c1cn(C2CNC2)nn1)N(CCO)CCO. The molecule has 1 aliphatic rings. The summed E-state index contributed by atoms with van der Waals surface area (Å²) in [4.78, 5) is 13.4. The van der Waals surface area contributed by atoms with Gasteiger partial charge < -0.3 is 20.4 Å². The van der Waals surface area contributed by atoms with Crippen LogP contribution in [-0.4, -0.2) is 75.4 Å². The van der Waals surface area contributed by atoms with E-state index in [4.69, 9.17) is 10.2 Å². The van der Waals surface area contributed by atoms with Gasteiger partial charge in [-0.3, -0.25) is 4.79 Å². The molecule has 0 radical (unpaired) electrons. The number of rotatable bonds is 6. The standard InChI is InChI=1S/C10H17N5O3/c16-3-1-14(2-4-17)10(18)9-7-15(13-12-9)8-5-11-6-8/h7-8,11,16-17H,1-6H2. The van der Waals surface area contributed by atoms with Crippen molar-refractivity contribution in [2.24, 2.45) is 0 Å². The first-order valence-corrected chi connectivity index (χ1v) is 5.89. The predicted octanol–water partition coefficient (Wildman–Crippen LogP) is -2.15. The summed E-state index contributed by atoms with van der Waals surface area (Å²) in [5, 5.41) is 28.6. The molecule has 0 unspecified atom stereocenters. The number of aliphatic hydroxyl groups is 2.